The predicted molar refractivity (Wildman–Crippen MR) is 98.6 cm³/mol. The summed E-state index contributed by atoms with van der Waals surface area (Å²) >= 11 is 7.00. The highest BCUT2D eigenvalue weighted by Crippen LogP contribution is 2.33. The van der Waals surface area contributed by atoms with Gasteiger partial charge in [-0.1, -0.05) is 35.1 Å². The smallest absolute Gasteiger partial charge is 0.263 e. The van der Waals surface area contributed by atoms with Gasteiger partial charge in [0.25, 0.3) is 10.0 Å². The summed E-state index contributed by atoms with van der Waals surface area (Å²) in [7, 11) is -3.82. The van der Waals surface area contributed by atoms with E-state index >= 15 is 0 Å². The average Bonchev–Trinajstić information content (AvgIpc) is 3.09. The van der Waals surface area contributed by atoms with Gasteiger partial charge in [-0.25, -0.2) is 8.42 Å². The first kappa shape index (κ1) is 17.1. The van der Waals surface area contributed by atoms with Gasteiger partial charge in [-0.15, -0.1) is 10.2 Å². The van der Waals surface area contributed by atoms with Crippen LogP contribution in [0.15, 0.2) is 47.4 Å². The summed E-state index contributed by atoms with van der Waals surface area (Å²) in [6, 6.07) is 11.5. The van der Waals surface area contributed by atoms with Crippen LogP contribution >= 0.6 is 22.9 Å². The Balaban J connectivity index is 1.57. The van der Waals surface area contributed by atoms with Crippen LogP contribution in [0, 0.1) is 0 Å². The van der Waals surface area contributed by atoms with Gasteiger partial charge in [0.1, 0.15) is 18.2 Å². The molecule has 0 radical (unpaired) electrons. The second-order valence-corrected chi connectivity index (χ2v) is 8.43. The number of aromatic nitrogens is 2. The van der Waals surface area contributed by atoms with E-state index in [4.69, 9.17) is 21.1 Å². The number of ether oxygens (including phenoxy) is 2. The molecule has 3 aromatic rings. The Morgan fingerprint density at radius 2 is 1.73 bits per heavy atom. The Morgan fingerprint density at radius 3 is 2.50 bits per heavy atom. The van der Waals surface area contributed by atoms with Crippen molar-refractivity contribution in [3.8, 4) is 22.1 Å². The predicted octanol–water partition coefficient (Wildman–Crippen LogP) is 3.43. The fraction of sp³-hybridized carbons (Fsp3) is 0.125. The summed E-state index contributed by atoms with van der Waals surface area (Å²) in [4.78, 5) is 0.0602. The second-order valence-electron chi connectivity index (χ2n) is 5.33. The van der Waals surface area contributed by atoms with Crippen LogP contribution in [-0.4, -0.2) is 31.8 Å². The fourth-order valence-corrected chi connectivity index (χ4v) is 4.46. The minimum Gasteiger partial charge on any atom is -0.486 e. The molecule has 4 rings (SSSR count). The lowest BCUT2D eigenvalue weighted by atomic mass is 10.2. The van der Waals surface area contributed by atoms with Crippen molar-refractivity contribution in [2.75, 3.05) is 17.9 Å². The summed E-state index contributed by atoms with van der Waals surface area (Å²) in [5, 5.41) is 9.29. The molecule has 0 bridgehead atoms. The minimum absolute atomic E-state index is 0.0602. The first-order chi connectivity index (χ1) is 12.5. The molecule has 0 saturated carbocycles. The highest BCUT2D eigenvalue weighted by atomic mass is 35.5. The van der Waals surface area contributed by atoms with Gasteiger partial charge in [-0.2, -0.15) is 0 Å². The molecule has 0 spiro atoms. The summed E-state index contributed by atoms with van der Waals surface area (Å²) in [5.41, 5.74) is 0.802. The van der Waals surface area contributed by atoms with E-state index in [1.165, 1.54) is 12.1 Å². The van der Waals surface area contributed by atoms with Crippen molar-refractivity contribution in [1.82, 2.24) is 10.2 Å². The minimum atomic E-state index is -3.82. The van der Waals surface area contributed by atoms with Gasteiger partial charge >= 0.3 is 0 Å². The number of nitrogens with one attached hydrogen (secondary N) is 1. The van der Waals surface area contributed by atoms with Crippen molar-refractivity contribution in [3.05, 3.63) is 47.5 Å². The third kappa shape index (κ3) is 3.46. The molecule has 0 aliphatic carbocycles. The number of nitrogens with zero attached hydrogens (tertiary/aromatic N) is 2. The van der Waals surface area contributed by atoms with Crippen LogP contribution in [0.25, 0.3) is 10.6 Å². The number of hydrogen-bond donors (Lipinski definition) is 1. The highest BCUT2D eigenvalue weighted by molar-refractivity contribution is 7.93. The summed E-state index contributed by atoms with van der Waals surface area (Å²) in [6.07, 6.45) is 0. The quantitative estimate of drug-likeness (QED) is 0.709. The number of halogens is 1. The number of benzene rings is 2. The normalized spacial score (nSPS) is 13.4. The molecule has 26 heavy (non-hydrogen) atoms. The molecule has 134 valence electrons. The van der Waals surface area contributed by atoms with Gasteiger partial charge in [-0.3, -0.25) is 4.72 Å². The molecule has 0 atom stereocenters. The summed E-state index contributed by atoms with van der Waals surface area (Å²) in [5.74, 6) is 0.925. The van der Waals surface area contributed by atoms with Gasteiger partial charge in [0.15, 0.2) is 11.5 Å². The van der Waals surface area contributed by atoms with Gasteiger partial charge in [-0.05, 0) is 24.3 Å². The zero-order valence-corrected chi connectivity index (χ0v) is 15.6. The van der Waals surface area contributed by atoms with E-state index in [0.717, 1.165) is 16.9 Å². The lowest BCUT2D eigenvalue weighted by molar-refractivity contribution is 0.171. The van der Waals surface area contributed by atoms with E-state index in [1.807, 2.05) is 0 Å². The molecule has 10 heteroatoms. The van der Waals surface area contributed by atoms with Crippen LogP contribution in [-0.2, 0) is 10.0 Å². The standard InChI is InChI=1S/C16H12ClN3O4S2/c17-11-3-1-10(2-4-11)15-18-19-16(25-15)20-26(21,22)12-5-6-13-14(9-12)24-8-7-23-13/h1-6,9H,7-8H2,(H,19,20). The number of fused-ring (bicyclic) bond motifs is 1. The van der Waals surface area contributed by atoms with E-state index in [2.05, 4.69) is 14.9 Å². The fourth-order valence-electron chi connectivity index (χ4n) is 2.34. The summed E-state index contributed by atoms with van der Waals surface area (Å²) in [6.45, 7) is 0.820. The molecule has 0 unspecified atom stereocenters. The molecular formula is C16H12ClN3O4S2. The van der Waals surface area contributed by atoms with Crippen molar-refractivity contribution in [3.63, 3.8) is 0 Å². The Hall–Kier alpha value is -2.36. The Morgan fingerprint density at radius 1 is 1.00 bits per heavy atom. The van der Waals surface area contributed by atoms with Gasteiger partial charge in [0.05, 0.1) is 4.90 Å². The van der Waals surface area contributed by atoms with Crippen LogP contribution < -0.4 is 14.2 Å². The van der Waals surface area contributed by atoms with E-state index in [-0.39, 0.29) is 10.0 Å². The van der Waals surface area contributed by atoms with Crippen molar-refractivity contribution in [2.24, 2.45) is 0 Å². The average molecular weight is 410 g/mol. The molecular weight excluding hydrogens is 398 g/mol. The van der Waals surface area contributed by atoms with E-state index in [9.17, 15) is 8.42 Å². The van der Waals surface area contributed by atoms with Gasteiger partial charge in [0, 0.05) is 16.7 Å². The molecule has 0 amide bonds. The summed E-state index contributed by atoms with van der Waals surface area (Å²) < 4.78 is 38.4. The topological polar surface area (TPSA) is 90.4 Å². The Kier molecular flexibility index (Phi) is 4.43. The molecule has 2 heterocycles. The lowest BCUT2D eigenvalue weighted by Crippen LogP contribution is -2.17. The number of sulfonamides is 1. The number of hydrogen-bond acceptors (Lipinski definition) is 7. The van der Waals surface area contributed by atoms with Crippen LogP contribution in [0.1, 0.15) is 0 Å². The molecule has 1 aliphatic heterocycles. The van der Waals surface area contributed by atoms with Crippen LogP contribution in [0.4, 0.5) is 5.13 Å². The van der Waals surface area contributed by atoms with Gasteiger partial charge < -0.3 is 9.47 Å². The largest absolute Gasteiger partial charge is 0.486 e. The van der Waals surface area contributed by atoms with E-state index in [1.54, 1.807) is 30.3 Å². The third-order valence-corrected chi connectivity index (χ3v) is 6.17. The monoisotopic (exact) mass is 409 g/mol. The van der Waals surface area contributed by atoms with Crippen molar-refractivity contribution in [2.45, 2.75) is 4.90 Å². The van der Waals surface area contributed by atoms with E-state index < -0.39 is 10.0 Å². The molecule has 0 saturated heterocycles. The highest BCUT2D eigenvalue weighted by Gasteiger charge is 2.21. The SMILES string of the molecule is O=S(=O)(Nc1nnc(-c2ccc(Cl)cc2)s1)c1ccc2c(c1)OCCO2. The Bertz CT molecular complexity index is 1050. The van der Waals surface area contributed by atoms with Gasteiger partial charge in [0.2, 0.25) is 5.13 Å². The molecule has 1 N–H and O–H groups in total. The molecule has 2 aromatic carbocycles. The third-order valence-electron chi connectivity index (χ3n) is 3.56. The van der Waals surface area contributed by atoms with Crippen molar-refractivity contribution >= 4 is 38.1 Å². The maximum absolute atomic E-state index is 12.6. The number of anilines is 1. The Labute approximate surface area is 158 Å². The van der Waals surface area contributed by atoms with Crippen molar-refractivity contribution < 1.29 is 17.9 Å². The van der Waals surface area contributed by atoms with E-state index in [0.29, 0.717) is 34.7 Å². The maximum atomic E-state index is 12.6. The molecule has 1 aliphatic rings. The second kappa shape index (κ2) is 6.75. The molecule has 1 aromatic heterocycles. The maximum Gasteiger partial charge on any atom is 0.263 e. The zero-order chi connectivity index (χ0) is 18.1. The first-order valence-electron chi connectivity index (χ1n) is 7.53. The zero-order valence-electron chi connectivity index (χ0n) is 13.2. The van der Waals surface area contributed by atoms with Crippen LogP contribution in [0.3, 0.4) is 0 Å². The first-order valence-corrected chi connectivity index (χ1v) is 10.2. The number of rotatable bonds is 4. The van der Waals surface area contributed by atoms with Crippen LogP contribution in [0.2, 0.25) is 5.02 Å². The molecule has 7 nitrogen and oxygen atoms in total. The molecule has 0 fully saturated rings. The van der Waals surface area contributed by atoms with Crippen LogP contribution in [0.5, 0.6) is 11.5 Å². The lowest BCUT2D eigenvalue weighted by Gasteiger charge is -2.18. The van der Waals surface area contributed by atoms with Crippen molar-refractivity contribution in [1.29, 1.82) is 0 Å².